The average molecular weight is 211 g/mol. The number of nitrogens with two attached hydrogens (primary N) is 1. The van der Waals surface area contributed by atoms with Crippen molar-refractivity contribution in [1.29, 1.82) is 0 Å². The Morgan fingerprint density at radius 1 is 1.40 bits per heavy atom. The smallest absolute Gasteiger partial charge is 0.266 e. The van der Waals surface area contributed by atoms with Gasteiger partial charge in [-0.05, 0) is 19.4 Å². The van der Waals surface area contributed by atoms with Gasteiger partial charge < -0.3 is 10.5 Å². The maximum absolute atomic E-state index is 11.4. The van der Waals surface area contributed by atoms with Gasteiger partial charge in [-0.15, -0.1) is 5.10 Å². The van der Waals surface area contributed by atoms with E-state index in [1.54, 1.807) is 6.07 Å². The third-order valence-corrected chi connectivity index (χ3v) is 2.13. The van der Waals surface area contributed by atoms with Gasteiger partial charge in [-0.1, -0.05) is 6.42 Å². The molecule has 0 bridgehead atoms. The highest BCUT2D eigenvalue weighted by Gasteiger charge is 1.99. The summed E-state index contributed by atoms with van der Waals surface area (Å²) in [5, 5.41) is 4.04. The van der Waals surface area contributed by atoms with Gasteiger partial charge in [-0.25, -0.2) is 4.68 Å². The fourth-order valence-electron chi connectivity index (χ4n) is 1.28. The number of aromatic nitrogens is 2. The largest absolute Gasteiger partial charge is 0.480 e. The molecule has 0 aromatic carbocycles. The molecule has 0 fully saturated rings. The third kappa shape index (κ3) is 3.71. The number of unbranched alkanes of at least 4 members (excludes halogenated alkanes) is 2. The van der Waals surface area contributed by atoms with Crippen LogP contribution in [0.3, 0.4) is 0 Å². The zero-order valence-electron chi connectivity index (χ0n) is 8.98. The highest BCUT2D eigenvalue weighted by Crippen LogP contribution is 2.01. The molecule has 0 saturated heterocycles. The van der Waals surface area contributed by atoms with Crippen LogP contribution in [0.5, 0.6) is 5.88 Å². The van der Waals surface area contributed by atoms with Crippen molar-refractivity contribution in [1.82, 2.24) is 9.78 Å². The van der Waals surface area contributed by atoms with Gasteiger partial charge in [0.05, 0.1) is 7.11 Å². The van der Waals surface area contributed by atoms with Crippen LogP contribution in [0.2, 0.25) is 0 Å². The fraction of sp³-hybridized carbons (Fsp3) is 0.600. The monoisotopic (exact) mass is 211 g/mol. The summed E-state index contributed by atoms with van der Waals surface area (Å²) in [6.45, 7) is 1.32. The summed E-state index contributed by atoms with van der Waals surface area (Å²) in [4.78, 5) is 11.4. The van der Waals surface area contributed by atoms with Crippen molar-refractivity contribution in [2.24, 2.45) is 5.73 Å². The molecule has 84 valence electrons. The minimum Gasteiger partial charge on any atom is -0.480 e. The molecule has 0 saturated carbocycles. The maximum Gasteiger partial charge on any atom is 0.266 e. The Kier molecular flexibility index (Phi) is 4.83. The minimum absolute atomic E-state index is 0.0939. The first-order chi connectivity index (χ1) is 7.27. The molecule has 0 atom stereocenters. The Hall–Kier alpha value is -1.36. The third-order valence-electron chi connectivity index (χ3n) is 2.13. The van der Waals surface area contributed by atoms with Crippen molar-refractivity contribution in [2.45, 2.75) is 25.8 Å². The normalized spacial score (nSPS) is 10.3. The van der Waals surface area contributed by atoms with Crippen LogP contribution < -0.4 is 16.0 Å². The number of ether oxygens (including phenoxy) is 1. The van der Waals surface area contributed by atoms with Gasteiger partial charge in [0.2, 0.25) is 5.88 Å². The second kappa shape index (κ2) is 6.19. The molecular formula is C10H17N3O2. The van der Waals surface area contributed by atoms with E-state index >= 15 is 0 Å². The fourth-order valence-corrected chi connectivity index (χ4v) is 1.28. The van der Waals surface area contributed by atoms with Gasteiger partial charge in [-0.2, -0.15) is 0 Å². The SMILES string of the molecule is COc1ccc(=O)n(CCCCCN)n1. The molecule has 15 heavy (non-hydrogen) atoms. The van der Waals surface area contributed by atoms with Crippen molar-refractivity contribution >= 4 is 0 Å². The van der Waals surface area contributed by atoms with E-state index in [2.05, 4.69) is 5.10 Å². The van der Waals surface area contributed by atoms with Crippen molar-refractivity contribution in [2.75, 3.05) is 13.7 Å². The van der Waals surface area contributed by atoms with Crippen LogP contribution in [0.15, 0.2) is 16.9 Å². The van der Waals surface area contributed by atoms with E-state index in [1.165, 1.54) is 17.9 Å². The lowest BCUT2D eigenvalue weighted by molar-refractivity contribution is 0.372. The molecule has 0 aliphatic heterocycles. The molecule has 1 aromatic rings. The minimum atomic E-state index is -0.0939. The highest BCUT2D eigenvalue weighted by atomic mass is 16.5. The summed E-state index contributed by atoms with van der Waals surface area (Å²) in [6.07, 6.45) is 2.91. The van der Waals surface area contributed by atoms with Gasteiger partial charge >= 0.3 is 0 Å². The van der Waals surface area contributed by atoms with Crippen LogP contribution >= 0.6 is 0 Å². The first kappa shape index (κ1) is 11.7. The zero-order valence-corrected chi connectivity index (χ0v) is 8.98. The lowest BCUT2D eigenvalue weighted by Gasteiger charge is -2.05. The predicted octanol–water partition coefficient (Wildman–Crippen LogP) is 0.381. The number of hydrogen-bond donors (Lipinski definition) is 1. The van der Waals surface area contributed by atoms with E-state index in [9.17, 15) is 4.79 Å². The van der Waals surface area contributed by atoms with Crippen LogP contribution in [0, 0.1) is 0 Å². The molecule has 0 aliphatic rings. The van der Waals surface area contributed by atoms with Gasteiger partial charge in [-0.3, -0.25) is 4.79 Å². The molecule has 0 radical (unpaired) electrons. The van der Waals surface area contributed by atoms with Crippen LogP contribution in [-0.2, 0) is 6.54 Å². The lowest BCUT2D eigenvalue weighted by Crippen LogP contribution is -2.22. The second-order valence-electron chi connectivity index (χ2n) is 3.29. The quantitative estimate of drug-likeness (QED) is 0.691. The molecule has 0 spiro atoms. The molecule has 1 rings (SSSR count). The highest BCUT2D eigenvalue weighted by molar-refractivity contribution is 5.05. The Balaban J connectivity index is 2.55. The zero-order chi connectivity index (χ0) is 11.1. The Labute approximate surface area is 88.9 Å². The van der Waals surface area contributed by atoms with Crippen molar-refractivity contribution in [3.8, 4) is 5.88 Å². The van der Waals surface area contributed by atoms with Gasteiger partial charge in [0.15, 0.2) is 0 Å². The first-order valence-electron chi connectivity index (χ1n) is 5.10. The number of hydrogen-bond acceptors (Lipinski definition) is 4. The van der Waals surface area contributed by atoms with E-state index < -0.39 is 0 Å². The summed E-state index contributed by atoms with van der Waals surface area (Å²) in [5.74, 6) is 0.466. The standard InChI is InChI=1S/C10H17N3O2/c1-15-9-5-6-10(14)13(12-9)8-4-2-3-7-11/h5-6H,2-4,7-8,11H2,1H3. The number of nitrogens with zero attached hydrogens (tertiary/aromatic N) is 2. The molecule has 5 nitrogen and oxygen atoms in total. The molecule has 0 amide bonds. The first-order valence-corrected chi connectivity index (χ1v) is 5.10. The molecule has 1 heterocycles. The van der Waals surface area contributed by atoms with Crippen molar-refractivity contribution in [3.63, 3.8) is 0 Å². The molecule has 1 aromatic heterocycles. The average Bonchev–Trinajstić information content (AvgIpc) is 2.26. The van der Waals surface area contributed by atoms with E-state index in [0.717, 1.165) is 19.3 Å². The van der Waals surface area contributed by atoms with Crippen LogP contribution in [-0.4, -0.2) is 23.4 Å². The number of methoxy groups -OCH3 is 1. The predicted molar refractivity (Wildman–Crippen MR) is 58.0 cm³/mol. The summed E-state index contributed by atoms with van der Waals surface area (Å²) in [5.41, 5.74) is 5.29. The van der Waals surface area contributed by atoms with Crippen LogP contribution in [0.1, 0.15) is 19.3 Å². The Morgan fingerprint density at radius 2 is 2.20 bits per heavy atom. The van der Waals surface area contributed by atoms with Gasteiger partial charge in [0, 0.05) is 18.7 Å². The maximum atomic E-state index is 11.4. The summed E-state index contributed by atoms with van der Waals surface area (Å²) < 4.78 is 6.37. The topological polar surface area (TPSA) is 70.1 Å². The summed E-state index contributed by atoms with van der Waals surface area (Å²) in [7, 11) is 1.53. The Morgan fingerprint density at radius 3 is 2.87 bits per heavy atom. The molecule has 5 heteroatoms. The summed E-state index contributed by atoms with van der Waals surface area (Å²) >= 11 is 0. The lowest BCUT2D eigenvalue weighted by atomic mass is 10.2. The van der Waals surface area contributed by atoms with E-state index in [1.807, 2.05) is 0 Å². The molecular weight excluding hydrogens is 194 g/mol. The van der Waals surface area contributed by atoms with Gasteiger partial charge in [0.1, 0.15) is 0 Å². The van der Waals surface area contributed by atoms with E-state index in [0.29, 0.717) is 19.0 Å². The Bertz CT molecular complexity index is 349. The second-order valence-corrected chi connectivity index (χ2v) is 3.29. The molecule has 0 unspecified atom stereocenters. The number of aryl methyl sites for hydroxylation is 1. The van der Waals surface area contributed by atoms with Gasteiger partial charge in [0.25, 0.3) is 5.56 Å². The van der Waals surface area contributed by atoms with E-state index in [4.69, 9.17) is 10.5 Å². The molecule has 2 N–H and O–H groups in total. The van der Waals surface area contributed by atoms with E-state index in [-0.39, 0.29) is 5.56 Å². The van der Waals surface area contributed by atoms with Crippen LogP contribution in [0.25, 0.3) is 0 Å². The number of rotatable bonds is 6. The molecule has 0 aliphatic carbocycles. The summed E-state index contributed by atoms with van der Waals surface area (Å²) in [6, 6.07) is 3.04. The van der Waals surface area contributed by atoms with Crippen molar-refractivity contribution in [3.05, 3.63) is 22.5 Å². The van der Waals surface area contributed by atoms with Crippen molar-refractivity contribution < 1.29 is 4.74 Å². The van der Waals surface area contributed by atoms with Crippen LogP contribution in [0.4, 0.5) is 0 Å².